The molecule has 38 heavy (non-hydrogen) atoms. The lowest BCUT2D eigenvalue weighted by molar-refractivity contribution is -0.181. The van der Waals surface area contributed by atoms with E-state index < -0.39 is 20.0 Å². The summed E-state index contributed by atoms with van der Waals surface area (Å²) < 4.78 is 18.5. The van der Waals surface area contributed by atoms with Crippen LogP contribution >= 0.6 is 0 Å². The summed E-state index contributed by atoms with van der Waals surface area (Å²) in [6.45, 7) is 8.89. The second-order valence-corrected chi connectivity index (χ2v) is 15.1. The highest BCUT2D eigenvalue weighted by Crippen LogP contribution is 2.38. The van der Waals surface area contributed by atoms with Crippen molar-refractivity contribution in [2.24, 2.45) is 0 Å². The van der Waals surface area contributed by atoms with Gasteiger partial charge in [0.2, 0.25) is 5.91 Å². The van der Waals surface area contributed by atoms with E-state index in [-0.39, 0.29) is 37.2 Å². The van der Waals surface area contributed by atoms with E-state index >= 15 is 0 Å². The van der Waals surface area contributed by atoms with E-state index in [1.54, 1.807) is 14.2 Å². The van der Waals surface area contributed by atoms with E-state index in [4.69, 9.17) is 18.7 Å². The zero-order valence-corrected chi connectivity index (χ0v) is 25.2. The van der Waals surface area contributed by atoms with Crippen LogP contribution in [0.15, 0.2) is 60.7 Å². The van der Waals surface area contributed by atoms with Gasteiger partial charge in [0.15, 0.2) is 0 Å². The summed E-state index contributed by atoms with van der Waals surface area (Å²) in [6.07, 6.45) is 1.81. The molecule has 1 amide bonds. The van der Waals surface area contributed by atoms with Gasteiger partial charge in [-0.2, -0.15) is 0 Å². The van der Waals surface area contributed by atoms with Crippen LogP contribution in [0.1, 0.15) is 59.8 Å². The molecule has 2 aromatic carbocycles. The van der Waals surface area contributed by atoms with Crippen molar-refractivity contribution in [3.8, 4) is 0 Å². The number of benzene rings is 2. The van der Waals surface area contributed by atoms with E-state index in [9.17, 15) is 9.90 Å². The number of hydroxylamine groups is 2. The first-order valence-corrected chi connectivity index (χ1v) is 15.3. The quantitative estimate of drug-likeness (QED) is 0.193. The van der Waals surface area contributed by atoms with Gasteiger partial charge in [0, 0.05) is 20.6 Å². The van der Waals surface area contributed by atoms with E-state index in [2.05, 4.69) is 52.0 Å². The normalized spacial score (nSPS) is 14.6. The van der Waals surface area contributed by atoms with Crippen LogP contribution in [0.25, 0.3) is 0 Å². The minimum Gasteiger partial charge on any atom is -0.405 e. The zero-order chi connectivity index (χ0) is 28.2. The van der Waals surface area contributed by atoms with Crippen LogP contribution in [0.3, 0.4) is 0 Å². The molecule has 0 unspecified atom stereocenters. The molecule has 2 aromatic rings. The third-order valence-corrected chi connectivity index (χ3v) is 12.2. The van der Waals surface area contributed by atoms with Crippen molar-refractivity contribution >= 4 is 24.6 Å². The zero-order valence-electron chi connectivity index (χ0n) is 24.2. The Balaban J connectivity index is 2.51. The monoisotopic (exact) mass is 545 g/mol. The van der Waals surface area contributed by atoms with E-state index in [0.29, 0.717) is 6.42 Å². The first kappa shape index (κ1) is 32.1. The number of hydrogen-bond donors (Lipinski definition) is 1. The molecule has 0 fully saturated rings. The number of rotatable bonds is 16. The molecule has 0 spiro atoms. The van der Waals surface area contributed by atoms with Gasteiger partial charge in [-0.1, -0.05) is 101 Å². The summed E-state index contributed by atoms with van der Waals surface area (Å²) in [6, 6.07) is 20.8. The molecule has 1 N–H and O–H groups in total. The number of amides is 1. The summed E-state index contributed by atoms with van der Waals surface area (Å²) in [4.78, 5) is 17.6. The standard InChI is InChI=1S/C30H47NO6Si/c1-8-9-21-30(33,22-20-28(32)31(5)35-7)27(36-24-34-6)23-37-38(29(2,3)4,25-16-12-10-13-17-25)26-18-14-11-15-19-26/h10-19,27,33H,8-9,20-24H2,1-7H3/t27-,30+/m0/s1. The molecule has 7 nitrogen and oxygen atoms in total. The Morgan fingerprint density at radius 2 is 1.53 bits per heavy atom. The number of ether oxygens (including phenoxy) is 2. The smallest absolute Gasteiger partial charge is 0.261 e. The fraction of sp³-hybridized carbons (Fsp3) is 0.567. The Kier molecular flexibility index (Phi) is 12.6. The van der Waals surface area contributed by atoms with Crippen LogP contribution in [0.2, 0.25) is 5.04 Å². The van der Waals surface area contributed by atoms with Gasteiger partial charge in [0.1, 0.15) is 12.9 Å². The van der Waals surface area contributed by atoms with Crippen molar-refractivity contribution in [2.45, 2.75) is 76.5 Å². The molecule has 0 aliphatic carbocycles. The van der Waals surface area contributed by atoms with Crippen molar-refractivity contribution in [3.63, 3.8) is 0 Å². The summed E-state index contributed by atoms with van der Waals surface area (Å²) in [5, 5.41) is 15.3. The summed E-state index contributed by atoms with van der Waals surface area (Å²) >= 11 is 0. The molecule has 212 valence electrons. The van der Waals surface area contributed by atoms with Crippen LogP contribution < -0.4 is 10.4 Å². The van der Waals surface area contributed by atoms with Gasteiger partial charge in [-0.25, -0.2) is 5.06 Å². The molecule has 2 atom stereocenters. The number of unbranched alkanes of at least 4 members (excludes halogenated alkanes) is 1. The van der Waals surface area contributed by atoms with Gasteiger partial charge in [-0.15, -0.1) is 0 Å². The minimum atomic E-state index is -2.86. The van der Waals surface area contributed by atoms with E-state index in [1.165, 1.54) is 12.2 Å². The largest absolute Gasteiger partial charge is 0.405 e. The Morgan fingerprint density at radius 3 is 1.97 bits per heavy atom. The number of aliphatic hydroxyl groups is 1. The Morgan fingerprint density at radius 1 is 0.974 bits per heavy atom. The summed E-state index contributed by atoms with van der Waals surface area (Å²) in [5.41, 5.74) is -1.29. The average molecular weight is 546 g/mol. The number of hydrogen-bond acceptors (Lipinski definition) is 6. The highest BCUT2D eigenvalue weighted by molar-refractivity contribution is 6.99. The SMILES string of the molecule is CCCC[C@@](O)(CCC(=O)N(C)OC)[C@H](CO[Si](c1ccccc1)(c1ccccc1)C(C)(C)C)OCOC. The van der Waals surface area contributed by atoms with Gasteiger partial charge in [-0.05, 0) is 28.3 Å². The predicted molar refractivity (Wildman–Crippen MR) is 154 cm³/mol. The number of methoxy groups -OCH3 is 1. The molecule has 0 aromatic heterocycles. The fourth-order valence-electron chi connectivity index (χ4n) is 4.98. The summed E-state index contributed by atoms with van der Waals surface area (Å²) in [7, 11) is 1.72. The van der Waals surface area contributed by atoms with Gasteiger partial charge in [-0.3, -0.25) is 9.63 Å². The van der Waals surface area contributed by atoms with Gasteiger partial charge in [0.25, 0.3) is 8.32 Å². The van der Waals surface area contributed by atoms with Crippen molar-refractivity contribution in [1.82, 2.24) is 5.06 Å². The van der Waals surface area contributed by atoms with Crippen LogP contribution in [0.5, 0.6) is 0 Å². The molecule has 0 saturated heterocycles. The number of nitrogens with zero attached hydrogens (tertiary/aromatic N) is 1. The lowest BCUT2D eigenvalue weighted by atomic mass is 9.86. The first-order chi connectivity index (χ1) is 18.1. The molecule has 2 rings (SSSR count). The number of carbonyl (C=O) groups is 1. The van der Waals surface area contributed by atoms with Crippen molar-refractivity contribution in [3.05, 3.63) is 60.7 Å². The highest BCUT2D eigenvalue weighted by atomic mass is 28.4. The van der Waals surface area contributed by atoms with Crippen molar-refractivity contribution in [2.75, 3.05) is 34.7 Å². The second kappa shape index (κ2) is 14.9. The first-order valence-electron chi connectivity index (χ1n) is 13.4. The molecule has 0 radical (unpaired) electrons. The van der Waals surface area contributed by atoms with Crippen molar-refractivity contribution < 1.29 is 28.6 Å². The van der Waals surface area contributed by atoms with Crippen LogP contribution in [-0.2, 0) is 23.5 Å². The van der Waals surface area contributed by atoms with Crippen LogP contribution in [-0.4, -0.2) is 70.8 Å². The number of carbonyl (C=O) groups excluding carboxylic acids is 1. The Bertz CT molecular complexity index is 913. The molecule has 0 aliphatic rings. The van der Waals surface area contributed by atoms with E-state index in [1.807, 2.05) is 36.4 Å². The molecular weight excluding hydrogens is 498 g/mol. The predicted octanol–water partition coefficient (Wildman–Crippen LogP) is 4.27. The van der Waals surface area contributed by atoms with E-state index in [0.717, 1.165) is 23.2 Å². The van der Waals surface area contributed by atoms with Crippen molar-refractivity contribution in [1.29, 1.82) is 0 Å². The maximum Gasteiger partial charge on any atom is 0.261 e. The third kappa shape index (κ3) is 7.97. The maximum atomic E-state index is 12.5. The maximum absolute atomic E-state index is 12.5. The highest BCUT2D eigenvalue weighted by Gasteiger charge is 2.51. The molecule has 0 bridgehead atoms. The lowest BCUT2D eigenvalue weighted by Gasteiger charge is -2.45. The molecule has 0 saturated carbocycles. The van der Waals surface area contributed by atoms with Gasteiger partial charge < -0.3 is 19.0 Å². The second-order valence-electron chi connectivity index (χ2n) is 10.8. The topological polar surface area (TPSA) is 77.5 Å². The molecule has 0 aliphatic heterocycles. The van der Waals surface area contributed by atoms with Crippen LogP contribution in [0, 0.1) is 0 Å². The fourth-order valence-corrected chi connectivity index (χ4v) is 9.54. The Labute approximate surface area is 230 Å². The molecule has 0 heterocycles. The van der Waals surface area contributed by atoms with Gasteiger partial charge >= 0.3 is 0 Å². The molecular formula is C30H47NO6Si. The summed E-state index contributed by atoms with van der Waals surface area (Å²) in [5.74, 6) is -0.208. The third-order valence-electron chi connectivity index (χ3n) is 7.21. The Hall–Kier alpha value is -2.07. The minimum absolute atomic E-state index is 0.00906. The van der Waals surface area contributed by atoms with Gasteiger partial charge in [0.05, 0.1) is 19.3 Å². The average Bonchev–Trinajstić information content (AvgIpc) is 2.92. The molecule has 8 heteroatoms. The lowest BCUT2D eigenvalue weighted by Crippen LogP contribution is -2.67. The van der Waals surface area contributed by atoms with Crippen LogP contribution in [0.4, 0.5) is 0 Å².